The second kappa shape index (κ2) is 11.9. The first-order chi connectivity index (χ1) is 17.6. The number of anilines is 1. The van der Waals surface area contributed by atoms with E-state index in [2.05, 4.69) is 62.1 Å². The highest BCUT2D eigenvalue weighted by molar-refractivity contribution is 6.30. The van der Waals surface area contributed by atoms with Crippen molar-refractivity contribution >= 4 is 17.3 Å². The normalized spacial score (nSPS) is 26.8. The van der Waals surface area contributed by atoms with Crippen molar-refractivity contribution in [3.05, 3.63) is 63.7 Å². The lowest BCUT2D eigenvalue weighted by molar-refractivity contribution is -0.0235. The minimum atomic E-state index is 0.877. The number of aryl methyl sites for hydroxylation is 3. The minimum absolute atomic E-state index is 0.877. The van der Waals surface area contributed by atoms with Crippen molar-refractivity contribution in [3.8, 4) is 0 Å². The van der Waals surface area contributed by atoms with Crippen molar-refractivity contribution in [1.82, 2.24) is 0 Å². The van der Waals surface area contributed by atoms with E-state index in [1.54, 1.807) is 6.42 Å². The summed E-state index contributed by atoms with van der Waals surface area (Å²) in [5.74, 6) is 5.09. The highest BCUT2D eigenvalue weighted by atomic mass is 35.5. The Morgan fingerprint density at radius 1 is 0.778 bits per heavy atom. The van der Waals surface area contributed by atoms with Gasteiger partial charge < -0.3 is 4.90 Å². The molecule has 3 aliphatic rings. The van der Waals surface area contributed by atoms with Gasteiger partial charge in [0.05, 0.1) is 0 Å². The summed E-state index contributed by atoms with van der Waals surface area (Å²) in [6, 6.07) is 13.9. The Labute approximate surface area is 226 Å². The molecule has 5 atom stereocenters. The molecule has 0 heterocycles. The zero-order chi connectivity index (χ0) is 25.1. The van der Waals surface area contributed by atoms with Gasteiger partial charge in [-0.05, 0) is 121 Å². The van der Waals surface area contributed by atoms with Crippen LogP contribution in [0.25, 0.3) is 0 Å². The molecule has 0 radical (unpaired) electrons. The van der Waals surface area contributed by atoms with E-state index >= 15 is 0 Å². The Hall–Kier alpha value is -1.47. The van der Waals surface area contributed by atoms with Crippen molar-refractivity contribution < 1.29 is 0 Å². The zero-order valence-corrected chi connectivity index (χ0v) is 23.8. The lowest BCUT2D eigenvalue weighted by Crippen LogP contribution is -2.48. The first kappa shape index (κ1) is 26.1. The van der Waals surface area contributed by atoms with Gasteiger partial charge >= 0.3 is 0 Å². The average Bonchev–Trinajstić information content (AvgIpc) is 3.23. The molecule has 3 saturated carbocycles. The molecule has 0 bridgehead atoms. The van der Waals surface area contributed by atoms with Crippen molar-refractivity contribution in [2.24, 2.45) is 29.6 Å². The highest BCUT2D eigenvalue weighted by Crippen LogP contribution is 2.59. The summed E-state index contributed by atoms with van der Waals surface area (Å²) in [5.41, 5.74) is 7.49. The van der Waals surface area contributed by atoms with Gasteiger partial charge in [-0.25, -0.2) is 0 Å². The summed E-state index contributed by atoms with van der Waals surface area (Å²) in [6.45, 7) is 9.26. The van der Waals surface area contributed by atoms with E-state index < -0.39 is 0 Å². The minimum Gasteiger partial charge on any atom is -0.371 e. The Balaban J connectivity index is 1.37. The summed E-state index contributed by atoms with van der Waals surface area (Å²) in [7, 11) is 0. The van der Waals surface area contributed by atoms with Gasteiger partial charge in [0.2, 0.25) is 0 Å². The maximum Gasteiger partial charge on any atom is 0.0408 e. The Morgan fingerprint density at radius 2 is 1.61 bits per heavy atom. The number of hydrogen-bond acceptors (Lipinski definition) is 1. The second-order valence-corrected chi connectivity index (χ2v) is 12.6. The molecular formula is C34H48ClN. The Morgan fingerprint density at radius 3 is 2.33 bits per heavy atom. The van der Waals surface area contributed by atoms with Gasteiger partial charge in [-0.2, -0.15) is 0 Å². The SMILES string of the molecule is CCCc1ccc(CC)c(N(CCc2ccc(Cl)cc2CCC)CC2CCC2C2CC3CCCC32)c1. The zero-order valence-electron chi connectivity index (χ0n) is 23.1. The lowest BCUT2D eigenvalue weighted by atomic mass is 9.53. The summed E-state index contributed by atoms with van der Waals surface area (Å²) in [5, 5.41) is 0.877. The standard InChI is InChI=1S/C34H48ClN/c1-4-8-24-12-13-25(6-3)34(20-24)36(19-18-26-14-16-30(35)21-27(26)9-5-2)23-29-15-17-32(29)33-22-28-10-7-11-31(28)33/h12-14,16,20-21,28-29,31-33H,4-11,15,17-19,22-23H2,1-3H3. The molecule has 2 heteroatoms. The van der Waals surface area contributed by atoms with Crippen LogP contribution < -0.4 is 4.90 Å². The maximum atomic E-state index is 6.39. The molecule has 5 unspecified atom stereocenters. The van der Waals surface area contributed by atoms with Crippen LogP contribution in [-0.4, -0.2) is 13.1 Å². The van der Waals surface area contributed by atoms with E-state index in [0.717, 1.165) is 60.4 Å². The fraction of sp³-hybridized carbons (Fsp3) is 0.647. The molecule has 2 aromatic carbocycles. The number of nitrogens with zero attached hydrogens (tertiary/aromatic N) is 1. The predicted octanol–water partition coefficient (Wildman–Crippen LogP) is 9.32. The van der Waals surface area contributed by atoms with E-state index in [9.17, 15) is 0 Å². The molecule has 2 aromatic rings. The molecule has 3 fully saturated rings. The van der Waals surface area contributed by atoms with E-state index in [1.807, 2.05) is 0 Å². The second-order valence-electron chi connectivity index (χ2n) is 12.2. The van der Waals surface area contributed by atoms with Gasteiger partial charge in [-0.1, -0.05) is 76.3 Å². The number of rotatable bonds is 12. The lowest BCUT2D eigenvalue weighted by Gasteiger charge is -2.53. The van der Waals surface area contributed by atoms with Crippen molar-refractivity contribution in [3.63, 3.8) is 0 Å². The summed E-state index contributed by atoms with van der Waals surface area (Å²) in [4.78, 5) is 2.81. The Bertz CT molecular complexity index is 1010. The quantitative estimate of drug-likeness (QED) is 0.277. The summed E-state index contributed by atoms with van der Waals surface area (Å²) < 4.78 is 0. The van der Waals surface area contributed by atoms with Gasteiger partial charge in [0.1, 0.15) is 0 Å². The van der Waals surface area contributed by atoms with Gasteiger partial charge in [-0.15, -0.1) is 0 Å². The van der Waals surface area contributed by atoms with Crippen LogP contribution in [0.3, 0.4) is 0 Å². The monoisotopic (exact) mass is 505 g/mol. The molecule has 0 aromatic heterocycles. The van der Waals surface area contributed by atoms with Crippen LogP contribution in [-0.2, 0) is 25.7 Å². The predicted molar refractivity (Wildman–Crippen MR) is 156 cm³/mol. The van der Waals surface area contributed by atoms with Crippen LogP contribution in [0.1, 0.15) is 94.4 Å². The van der Waals surface area contributed by atoms with E-state index in [0.29, 0.717) is 0 Å². The summed E-state index contributed by atoms with van der Waals surface area (Å²) in [6.07, 6.45) is 15.9. The van der Waals surface area contributed by atoms with Crippen molar-refractivity contribution in [2.75, 3.05) is 18.0 Å². The third kappa shape index (κ3) is 5.52. The topological polar surface area (TPSA) is 3.24 Å². The van der Waals surface area contributed by atoms with Gasteiger partial charge in [-0.3, -0.25) is 0 Å². The summed E-state index contributed by atoms with van der Waals surface area (Å²) >= 11 is 6.39. The average molecular weight is 506 g/mol. The number of hydrogen-bond donors (Lipinski definition) is 0. The maximum absolute atomic E-state index is 6.39. The van der Waals surface area contributed by atoms with Crippen molar-refractivity contribution in [1.29, 1.82) is 0 Å². The molecule has 1 nitrogen and oxygen atoms in total. The van der Waals surface area contributed by atoms with Crippen LogP contribution in [0, 0.1) is 29.6 Å². The third-order valence-electron chi connectivity index (χ3n) is 10.1. The van der Waals surface area contributed by atoms with Gasteiger partial charge in [0.15, 0.2) is 0 Å². The molecule has 0 spiro atoms. The van der Waals surface area contributed by atoms with Crippen LogP contribution in [0.2, 0.25) is 5.02 Å². The van der Waals surface area contributed by atoms with Crippen LogP contribution >= 0.6 is 11.6 Å². The molecule has 36 heavy (non-hydrogen) atoms. The first-order valence-electron chi connectivity index (χ1n) is 15.2. The highest BCUT2D eigenvalue weighted by Gasteiger charge is 2.51. The molecule has 0 amide bonds. The fourth-order valence-electron chi connectivity index (χ4n) is 7.96. The molecular weight excluding hydrogens is 458 g/mol. The largest absolute Gasteiger partial charge is 0.371 e. The molecule has 5 rings (SSSR count). The molecule has 0 saturated heterocycles. The molecule has 3 aliphatic carbocycles. The first-order valence-corrected chi connectivity index (χ1v) is 15.6. The van der Waals surface area contributed by atoms with Gasteiger partial charge in [0.25, 0.3) is 0 Å². The molecule has 0 N–H and O–H groups in total. The van der Waals surface area contributed by atoms with Crippen molar-refractivity contribution in [2.45, 2.75) is 97.8 Å². The van der Waals surface area contributed by atoms with Gasteiger partial charge in [0, 0.05) is 23.8 Å². The van der Waals surface area contributed by atoms with E-state index in [4.69, 9.17) is 11.6 Å². The molecule has 0 aliphatic heterocycles. The number of halogens is 1. The van der Waals surface area contributed by atoms with E-state index in [-0.39, 0.29) is 0 Å². The number of fused-ring (bicyclic) bond motifs is 1. The van der Waals surface area contributed by atoms with Crippen LogP contribution in [0.5, 0.6) is 0 Å². The number of benzene rings is 2. The smallest absolute Gasteiger partial charge is 0.0408 e. The fourth-order valence-corrected chi connectivity index (χ4v) is 8.16. The third-order valence-corrected chi connectivity index (χ3v) is 10.3. The molecule has 196 valence electrons. The van der Waals surface area contributed by atoms with Crippen LogP contribution in [0.4, 0.5) is 5.69 Å². The van der Waals surface area contributed by atoms with E-state index in [1.165, 1.54) is 85.9 Å². The van der Waals surface area contributed by atoms with Crippen LogP contribution in [0.15, 0.2) is 36.4 Å². The Kier molecular flexibility index (Phi) is 8.67.